The van der Waals surface area contributed by atoms with Gasteiger partial charge in [0, 0.05) is 0 Å². The van der Waals surface area contributed by atoms with Gasteiger partial charge in [-0.3, -0.25) is 12.2 Å². The van der Waals surface area contributed by atoms with Crippen LogP contribution < -0.4 is 0 Å². The molecule has 0 amide bonds. The van der Waals surface area contributed by atoms with Crippen LogP contribution >= 0.6 is 0 Å². The van der Waals surface area contributed by atoms with E-state index < -0.39 is 0 Å². The first kappa shape index (κ1) is 5.36. The van der Waals surface area contributed by atoms with Crippen molar-refractivity contribution in [3.63, 3.8) is 0 Å². The van der Waals surface area contributed by atoms with Crippen LogP contribution in [0.25, 0.3) is 0 Å². The minimum absolute atomic E-state index is 1.18. The number of hydrogen-bond acceptors (Lipinski definition) is 0. The van der Waals surface area contributed by atoms with Gasteiger partial charge in [0.1, 0.15) is 0 Å². The maximum absolute atomic E-state index is 2.18. The van der Waals surface area contributed by atoms with Crippen LogP contribution in [0.5, 0.6) is 0 Å². The molecule has 0 spiro atoms. The fourth-order valence-electron chi connectivity index (χ4n) is 0.670. The summed E-state index contributed by atoms with van der Waals surface area (Å²) < 4.78 is 0. The van der Waals surface area contributed by atoms with E-state index in [0.717, 1.165) is 0 Å². The Kier molecular flexibility index (Phi) is 2.18. The lowest BCUT2D eigenvalue weighted by atomic mass is 10.1. The molecule has 1 aliphatic carbocycles. The molecule has 0 aliphatic heterocycles. The summed E-state index contributed by atoms with van der Waals surface area (Å²) in [5, 5.41) is 0. The van der Waals surface area contributed by atoms with Crippen molar-refractivity contribution in [2.45, 2.75) is 12.8 Å². The molecule has 1 rings (SSSR count). The van der Waals surface area contributed by atoms with Crippen LogP contribution in [0.15, 0.2) is 24.3 Å². The van der Waals surface area contributed by atoms with Crippen LogP contribution in [0.2, 0.25) is 0 Å². The van der Waals surface area contributed by atoms with Crippen molar-refractivity contribution in [3.05, 3.63) is 37.1 Å². The number of allylic oxidation sites excluding steroid dienone is 4. The molecule has 0 bridgehead atoms. The molecule has 0 atom stereocenters. The van der Waals surface area contributed by atoms with Crippen molar-refractivity contribution in [3.8, 4) is 0 Å². The number of hydrogen-bond donors (Lipinski definition) is 0. The van der Waals surface area contributed by atoms with E-state index in [1.54, 1.807) is 0 Å². The quantitative estimate of drug-likeness (QED) is 0.416. The lowest BCUT2D eigenvalue weighted by molar-refractivity contribution is 0.959. The minimum Gasteiger partial charge on any atom is -0.293 e. The molecule has 0 heterocycles. The van der Waals surface area contributed by atoms with Crippen molar-refractivity contribution in [1.82, 2.24) is 0 Å². The molecule has 0 unspecified atom stereocenters. The summed E-state index contributed by atoms with van der Waals surface area (Å²) in [4.78, 5) is 0. The molecule has 0 saturated carbocycles. The maximum Gasteiger partial charge on any atom is -0.113 e. The summed E-state index contributed by atoms with van der Waals surface area (Å²) in [7, 11) is 0. The lowest BCUT2D eigenvalue weighted by Gasteiger charge is -2.09. The smallest absolute Gasteiger partial charge is 0.113 e. The van der Waals surface area contributed by atoms with Crippen LogP contribution in [-0.4, -0.2) is 0 Å². The van der Waals surface area contributed by atoms with Gasteiger partial charge in [0.2, 0.25) is 0 Å². The molecule has 0 fully saturated rings. The predicted molar refractivity (Wildman–Crippen MR) is 36.1 cm³/mol. The Balaban J connectivity index is 2.33. The van der Waals surface area contributed by atoms with Gasteiger partial charge in [0.15, 0.2) is 0 Å². The van der Waals surface area contributed by atoms with Crippen molar-refractivity contribution in [1.29, 1.82) is 0 Å². The van der Waals surface area contributed by atoms with Crippen LogP contribution in [-0.2, 0) is 0 Å². The van der Waals surface area contributed by atoms with Gasteiger partial charge in [-0.05, 0) is 0 Å². The van der Waals surface area contributed by atoms with Crippen LogP contribution in [0.1, 0.15) is 12.8 Å². The largest absolute Gasteiger partial charge is 0.293 e. The van der Waals surface area contributed by atoms with Crippen molar-refractivity contribution < 1.29 is 0 Å². The number of rotatable bonds is 0. The predicted octanol–water partition coefficient (Wildman–Crippen LogP) is 2.30. The second kappa shape index (κ2) is 3.25. The van der Waals surface area contributed by atoms with Gasteiger partial charge in [0.05, 0.1) is 0 Å². The first-order valence-electron chi connectivity index (χ1n) is 2.98. The van der Waals surface area contributed by atoms with Gasteiger partial charge >= 0.3 is 0 Å². The SMILES string of the molecule is C1=C[CH-]CC[CH-]C=C1. The molecule has 0 nitrogen and oxygen atoms in total. The summed E-state index contributed by atoms with van der Waals surface area (Å²) in [6.45, 7) is 0. The molecule has 0 heteroatoms. The maximum atomic E-state index is 2.18. The average molecular weight is 106 g/mol. The Labute approximate surface area is 50.9 Å². The van der Waals surface area contributed by atoms with Gasteiger partial charge in [-0.2, -0.15) is 0 Å². The fraction of sp³-hybridized carbons (Fsp3) is 0.250. The first-order valence-corrected chi connectivity index (χ1v) is 2.98. The standard InChI is InChI=1S/C8H10/c1-2-4-6-8-7-5-3-1/h1-6H,7-8H2/q-2. The Bertz CT molecular complexity index is 84.6. The topological polar surface area (TPSA) is 0 Å². The summed E-state index contributed by atoms with van der Waals surface area (Å²) in [5.74, 6) is 0. The van der Waals surface area contributed by atoms with E-state index in [1.165, 1.54) is 12.8 Å². The van der Waals surface area contributed by atoms with Gasteiger partial charge in [-0.25, -0.2) is 25.0 Å². The zero-order valence-electron chi connectivity index (χ0n) is 4.88. The molecule has 1 aliphatic rings. The third-order valence-corrected chi connectivity index (χ3v) is 1.11. The molecule has 0 aromatic heterocycles. The molecular formula is C8H10-2. The second-order valence-corrected chi connectivity index (χ2v) is 1.82. The van der Waals surface area contributed by atoms with E-state index in [2.05, 4.69) is 37.1 Å². The molecule has 8 heavy (non-hydrogen) atoms. The molecule has 44 valence electrons. The zero-order valence-corrected chi connectivity index (χ0v) is 4.88. The average Bonchev–Trinajstić information content (AvgIpc) is 1.62. The lowest BCUT2D eigenvalue weighted by Crippen LogP contribution is -1.76. The van der Waals surface area contributed by atoms with Crippen molar-refractivity contribution in [2.75, 3.05) is 0 Å². The van der Waals surface area contributed by atoms with Gasteiger partial charge in [0.25, 0.3) is 0 Å². The molecule has 0 N–H and O–H groups in total. The second-order valence-electron chi connectivity index (χ2n) is 1.82. The van der Waals surface area contributed by atoms with Gasteiger partial charge in [-0.15, -0.1) is 12.8 Å². The van der Waals surface area contributed by atoms with Crippen LogP contribution in [0.3, 0.4) is 0 Å². The molecule has 0 saturated heterocycles. The summed E-state index contributed by atoms with van der Waals surface area (Å²) in [6, 6.07) is 0. The van der Waals surface area contributed by atoms with Crippen molar-refractivity contribution >= 4 is 0 Å². The normalized spacial score (nSPS) is 18.0. The van der Waals surface area contributed by atoms with E-state index in [-0.39, 0.29) is 0 Å². The third kappa shape index (κ3) is 1.78. The minimum atomic E-state index is 1.18. The molecule has 0 aromatic rings. The Hall–Kier alpha value is -0.780. The molecule has 0 radical (unpaired) electrons. The summed E-state index contributed by atoms with van der Waals surface area (Å²) >= 11 is 0. The molecular weight excluding hydrogens is 96.1 g/mol. The van der Waals surface area contributed by atoms with E-state index in [0.29, 0.717) is 0 Å². The summed E-state index contributed by atoms with van der Waals surface area (Å²) in [5.41, 5.74) is 0. The monoisotopic (exact) mass is 106 g/mol. The van der Waals surface area contributed by atoms with E-state index in [9.17, 15) is 0 Å². The summed E-state index contributed by atoms with van der Waals surface area (Å²) in [6.07, 6.45) is 15.0. The van der Waals surface area contributed by atoms with Crippen molar-refractivity contribution in [2.24, 2.45) is 0 Å². The Morgan fingerprint density at radius 2 is 1.38 bits per heavy atom. The third-order valence-electron chi connectivity index (χ3n) is 1.11. The van der Waals surface area contributed by atoms with E-state index >= 15 is 0 Å². The highest BCUT2D eigenvalue weighted by atomic mass is 13.9. The van der Waals surface area contributed by atoms with Crippen LogP contribution in [0, 0.1) is 12.8 Å². The highest BCUT2D eigenvalue weighted by molar-refractivity contribution is 5.13. The van der Waals surface area contributed by atoms with Gasteiger partial charge in [-0.1, -0.05) is 0 Å². The fourth-order valence-corrected chi connectivity index (χ4v) is 0.670. The Morgan fingerprint density at radius 1 is 0.875 bits per heavy atom. The zero-order chi connectivity index (χ0) is 5.66. The van der Waals surface area contributed by atoms with E-state index in [4.69, 9.17) is 0 Å². The first-order chi connectivity index (χ1) is 4.00. The highest BCUT2D eigenvalue weighted by Gasteiger charge is 1.70. The Morgan fingerprint density at radius 3 is 1.88 bits per heavy atom. The van der Waals surface area contributed by atoms with Crippen LogP contribution in [0.4, 0.5) is 0 Å². The molecule has 0 aromatic carbocycles. The highest BCUT2D eigenvalue weighted by Crippen LogP contribution is 2.02. The van der Waals surface area contributed by atoms with Gasteiger partial charge < -0.3 is 0 Å². The van der Waals surface area contributed by atoms with E-state index in [1.807, 2.05) is 0 Å².